The van der Waals surface area contributed by atoms with Gasteiger partial charge in [-0.05, 0) is 80.9 Å². The van der Waals surface area contributed by atoms with Crippen LogP contribution in [0, 0.1) is 0 Å². The average Bonchev–Trinajstić information content (AvgIpc) is 3.75. The number of fused-ring (bicyclic) bond motifs is 12. The van der Waals surface area contributed by atoms with Crippen molar-refractivity contribution in [1.82, 2.24) is 9.13 Å². The standard InChI is InChI=1S/C44H26N2/c1-2-12-28(13-3-1)45-39-20-9-8-17-33(39)37-25-29(22-24-40(37)45)46-41-26-38-32-16-7-6-15-31(32)34-18-10-19-35(42(34)38)43(41)36-23-21-27-11-4-5-14-30(27)44(36)46/h1-26H. The maximum atomic E-state index is 2.53. The summed E-state index contributed by atoms with van der Waals surface area (Å²) >= 11 is 0. The maximum Gasteiger partial charge on any atom is 0.0619 e. The van der Waals surface area contributed by atoms with E-state index in [9.17, 15) is 0 Å². The molecule has 2 heteroatoms. The van der Waals surface area contributed by atoms with Gasteiger partial charge in [-0.1, -0.05) is 115 Å². The SMILES string of the molecule is c1ccc(-n2c3ccccc3c3cc(-n4c5cc6c7c(cccc7c5c5ccc7ccccc7c54)-c4ccccc4-6)ccc32)cc1. The first-order valence-electron chi connectivity index (χ1n) is 16.0. The second-order valence-corrected chi connectivity index (χ2v) is 12.5. The van der Waals surface area contributed by atoms with E-state index in [1.807, 2.05) is 0 Å². The van der Waals surface area contributed by atoms with Crippen LogP contribution in [0.2, 0.25) is 0 Å². The Hall–Kier alpha value is -6.12. The van der Waals surface area contributed by atoms with Gasteiger partial charge in [-0.25, -0.2) is 0 Å². The summed E-state index contributed by atoms with van der Waals surface area (Å²) in [5, 5.41) is 10.3. The van der Waals surface area contributed by atoms with Crippen molar-refractivity contribution in [1.29, 1.82) is 0 Å². The lowest BCUT2D eigenvalue weighted by atomic mass is 9.97. The van der Waals surface area contributed by atoms with Gasteiger partial charge in [-0.2, -0.15) is 0 Å². The fourth-order valence-corrected chi connectivity index (χ4v) is 8.36. The van der Waals surface area contributed by atoms with Gasteiger partial charge < -0.3 is 9.13 Å². The molecule has 1 aliphatic carbocycles. The zero-order chi connectivity index (χ0) is 29.9. The fraction of sp³-hybridized carbons (Fsp3) is 0. The molecule has 0 radical (unpaired) electrons. The number of benzene rings is 8. The van der Waals surface area contributed by atoms with Gasteiger partial charge in [-0.3, -0.25) is 0 Å². The molecular weight excluding hydrogens is 556 g/mol. The molecule has 0 atom stereocenters. The summed E-state index contributed by atoms with van der Waals surface area (Å²) < 4.78 is 4.92. The molecule has 0 saturated carbocycles. The first kappa shape index (κ1) is 24.2. The van der Waals surface area contributed by atoms with Crippen LogP contribution in [0.3, 0.4) is 0 Å². The summed E-state index contributed by atoms with van der Waals surface area (Å²) in [5.41, 5.74) is 12.6. The van der Waals surface area contributed by atoms with Crippen LogP contribution in [0.15, 0.2) is 158 Å². The van der Waals surface area contributed by atoms with E-state index in [0.717, 1.165) is 0 Å². The Kier molecular flexibility index (Phi) is 4.61. The summed E-state index contributed by atoms with van der Waals surface area (Å²) in [5.74, 6) is 0. The van der Waals surface area contributed by atoms with Crippen LogP contribution in [-0.4, -0.2) is 9.13 Å². The first-order valence-corrected chi connectivity index (χ1v) is 16.0. The molecule has 0 saturated heterocycles. The lowest BCUT2D eigenvalue weighted by Crippen LogP contribution is -1.96. The Morgan fingerprint density at radius 1 is 0.304 bits per heavy atom. The van der Waals surface area contributed by atoms with Crippen molar-refractivity contribution in [2.75, 3.05) is 0 Å². The minimum atomic E-state index is 1.17. The van der Waals surface area contributed by atoms with E-state index in [0.29, 0.717) is 0 Å². The molecule has 2 aromatic heterocycles. The van der Waals surface area contributed by atoms with Crippen molar-refractivity contribution in [3.63, 3.8) is 0 Å². The van der Waals surface area contributed by atoms with Crippen molar-refractivity contribution < 1.29 is 0 Å². The summed E-state index contributed by atoms with van der Waals surface area (Å²) in [6.07, 6.45) is 0. The quantitative estimate of drug-likeness (QED) is 0.192. The molecule has 0 aliphatic heterocycles. The third-order valence-electron chi connectivity index (χ3n) is 10.2. The summed E-state index contributed by atoms with van der Waals surface area (Å²) in [6.45, 7) is 0. The molecule has 10 aromatic rings. The van der Waals surface area contributed by atoms with Crippen LogP contribution < -0.4 is 0 Å². The predicted octanol–water partition coefficient (Wildman–Crippen LogP) is 11.8. The Morgan fingerprint density at radius 3 is 1.89 bits per heavy atom. The lowest BCUT2D eigenvalue weighted by molar-refractivity contribution is 1.17. The number of para-hydroxylation sites is 2. The second kappa shape index (κ2) is 8.74. The summed E-state index contributed by atoms with van der Waals surface area (Å²) in [4.78, 5) is 0. The topological polar surface area (TPSA) is 9.86 Å². The van der Waals surface area contributed by atoms with Crippen molar-refractivity contribution in [2.24, 2.45) is 0 Å². The van der Waals surface area contributed by atoms with Gasteiger partial charge in [-0.15, -0.1) is 0 Å². The molecule has 8 aromatic carbocycles. The molecule has 2 nitrogen and oxygen atoms in total. The highest BCUT2D eigenvalue weighted by atomic mass is 15.0. The molecule has 0 unspecified atom stereocenters. The smallest absolute Gasteiger partial charge is 0.0619 e. The van der Waals surface area contributed by atoms with Crippen LogP contribution in [0.5, 0.6) is 0 Å². The Morgan fingerprint density at radius 2 is 1.00 bits per heavy atom. The van der Waals surface area contributed by atoms with E-state index in [2.05, 4.69) is 167 Å². The zero-order valence-electron chi connectivity index (χ0n) is 24.9. The molecule has 46 heavy (non-hydrogen) atoms. The molecule has 2 heterocycles. The minimum absolute atomic E-state index is 1.17. The molecule has 11 rings (SSSR count). The normalized spacial score (nSPS) is 12.3. The van der Waals surface area contributed by atoms with Crippen molar-refractivity contribution in [3.05, 3.63) is 158 Å². The van der Waals surface area contributed by atoms with Crippen LogP contribution in [0.4, 0.5) is 0 Å². The molecule has 0 spiro atoms. The Labute approximate surface area is 265 Å². The van der Waals surface area contributed by atoms with Crippen molar-refractivity contribution in [3.8, 4) is 33.6 Å². The highest BCUT2D eigenvalue weighted by Crippen LogP contribution is 2.51. The van der Waals surface area contributed by atoms with E-state index in [1.165, 1.54) is 98.8 Å². The van der Waals surface area contributed by atoms with Crippen LogP contribution in [0.25, 0.3) is 98.8 Å². The molecule has 1 aliphatic rings. The number of hydrogen-bond acceptors (Lipinski definition) is 0. The molecule has 0 fully saturated rings. The third kappa shape index (κ3) is 3.01. The van der Waals surface area contributed by atoms with Crippen LogP contribution in [0.1, 0.15) is 0 Å². The van der Waals surface area contributed by atoms with Gasteiger partial charge in [0.15, 0.2) is 0 Å². The maximum absolute atomic E-state index is 2.53. The lowest BCUT2D eigenvalue weighted by Gasteiger charge is -2.12. The molecule has 0 amide bonds. The molecule has 0 bridgehead atoms. The summed E-state index contributed by atoms with van der Waals surface area (Å²) in [7, 11) is 0. The minimum Gasteiger partial charge on any atom is -0.309 e. The number of nitrogens with zero attached hydrogens (tertiary/aromatic N) is 2. The number of rotatable bonds is 2. The molecule has 212 valence electrons. The Balaban J connectivity index is 1.32. The van der Waals surface area contributed by atoms with Crippen LogP contribution >= 0.6 is 0 Å². The molecule has 0 N–H and O–H groups in total. The molecular formula is C44H26N2. The van der Waals surface area contributed by atoms with Crippen molar-refractivity contribution in [2.45, 2.75) is 0 Å². The van der Waals surface area contributed by atoms with Gasteiger partial charge in [0.1, 0.15) is 0 Å². The second-order valence-electron chi connectivity index (χ2n) is 12.5. The number of hydrogen-bond donors (Lipinski definition) is 0. The zero-order valence-corrected chi connectivity index (χ0v) is 24.9. The summed E-state index contributed by atoms with van der Waals surface area (Å²) in [6, 6.07) is 58.2. The van der Waals surface area contributed by atoms with Gasteiger partial charge in [0, 0.05) is 38.3 Å². The number of aromatic nitrogens is 2. The Bertz CT molecular complexity index is 2900. The monoisotopic (exact) mass is 582 g/mol. The average molecular weight is 583 g/mol. The highest BCUT2D eigenvalue weighted by molar-refractivity contribution is 6.31. The fourth-order valence-electron chi connectivity index (χ4n) is 8.36. The van der Waals surface area contributed by atoms with E-state index in [1.54, 1.807) is 0 Å². The first-order chi connectivity index (χ1) is 22.8. The third-order valence-corrected chi connectivity index (χ3v) is 10.2. The van der Waals surface area contributed by atoms with E-state index in [-0.39, 0.29) is 0 Å². The van der Waals surface area contributed by atoms with E-state index >= 15 is 0 Å². The van der Waals surface area contributed by atoms with Crippen molar-refractivity contribution >= 4 is 65.2 Å². The van der Waals surface area contributed by atoms with E-state index < -0.39 is 0 Å². The van der Waals surface area contributed by atoms with Gasteiger partial charge in [0.25, 0.3) is 0 Å². The highest BCUT2D eigenvalue weighted by Gasteiger charge is 2.26. The predicted molar refractivity (Wildman–Crippen MR) is 195 cm³/mol. The largest absolute Gasteiger partial charge is 0.309 e. The van der Waals surface area contributed by atoms with Gasteiger partial charge in [0.2, 0.25) is 0 Å². The van der Waals surface area contributed by atoms with Gasteiger partial charge in [0.05, 0.1) is 22.1 Å². The van der Waals surface area contributed by atoms with Crippen LogP contribution in [-0.2, 0) is 0 Å². The van der Waals surface area contributed by atoms with E-state index in [4.69, 9.17) is 0 Å². The van der Waals surface area contributed by atoms with Gasteiger partial charge >= 0.3 is 0 Å².